The van der Waals surface area contributed by atoms with Crippen molar-refractivity contribution in [2.75, 3.05) is 6.54 Å². The molecule has 1 aromatic rings. The third-order valence-corrected chi connectivity index (χ3v) is 6.43. The van der Waals surface area contributed by atoms with E-state index in [4.69, 9.17) is 4.74 Å². The van der Waals surface area contributed by atoms with Gasteiger partial charge >= 0.3 is 6.09 Å². The minimum Gasteiger partial charge on any atom is -0.444 e. The molecule has 0 heterocycles. The van der Waals surface area contributed by atoms with E-state index in [0.717, 1.165) is 31.2 Å². The Balaban J connectivity index is 2.45. The van der Waals surface area contributed by atoms with Crippen LogP contribution in [-0.4, -0.2) is 47.0 Å². The van der Waals surface area contributed by atoms with Gasteiger partial charge in [0.15, 0.2) is 0 Å². The Labute approximate surface area is 217 Å². The molecule has 3 amide bonds. The van der Waals surface area contributed by atoms with E-state index in [-0.39, 0.29) is 29.7 Å². The number of carbonyl (C=O) groups excluding carboxylic acids is 3. The summed E-state index contributed by atoms with van der Waals surface area (Å²) in [5.74, 6) is 0.0314. The Bertz CT molecular complexity index is 876. The molecule has 4 unspecified atom stereocenters. The van der Waals surface area contributed by atoms with E-state index in [0.29, 0.717) is 13.0 Å². The summed E-state index contributed by atoms with van der Waals surface area (Å²) in [7, 11) is 0. The Kier molecular flexibility index (Phi) is 10.8. The first-order valence-electron chi connectivity index (χ1n) is 13.6. The number of hydrogen-bond donors (Lipinski definition) is 2. The number of ether oxygens (including phenoxy) is 1. The van der Waals surface area contributed by atoms with Crippen molar-refractivity contribution < 1.29 is 19.1 Å². The third kappa shape index (κ3) is 8.82. The summed E-state index contributed by atoms with van der Waals surface area (Å²) < 4.78 is 5.46. The number of aryl methyl sites for hydroxylation is 1. The molecule has 0 aromatic heterocycles. The number of nitrogens with zero attached hydrogens (tertiary/aromatic N) is 1. The monoisotopic (exact) mass is 501 g/mol. The predicted molar refractivity (Wildman–Crippen MR) is 144 cm³/mol. The molecule has 7 heteroatoms. The summed E-state index contributed by atoms with van der Waals surface area (Å²) in [5, 5.41) is 5.86. The third-order valence-electron chi connectivity index (χ3n) is 6.43. The van der Waals surface area contributed by atoms with Crippen LogP contribution in [0.4, 0.5) is 4.79 Å². The van der Waals surface area contributed by atoms with Gasteiger partial charge in [-0.15, -0.1) is 0 Å². The lowest BCUT2D eigenvalue weighted by Crippen LogP contribution is -2.54. The SMILES string of the molecule is CCCCNC(=O)C(c1ccc(CC)cc1)N(C(=O)C(CC(C)C)NC(=O)OC(C)(C)C)C1CC1C. The van der Waals surface area contributed by atoms with Gasteiger partial charge in [-0.3, -0.25) is 9.59 Å². The van der Waals surface area contributed by atoms with Crippen LogP contribution in [0.1, 0.15) is 98.2 Å². The van der Waals surface area contributed by atoms with E-state index in [1.54, 1.807) is 25.7 Å². The maximum absolute atomic E-state index is 14.2. The number of nitrogens with one attached hydrogen (secondary N) is 2. The molecule has 1 aliphatic carbocycles. The molecule has 2 rings (SSSR count). The highest BCUT2D eigenvalue weighted by Crippen LogP contribution is 2.41. The van der Waals surface area contributed by atoms with Crippen LogP contribution in [0.5, 0.6) is 0 Å². The van der Waals surface area contributed by atoms with Crippen LogP contribution in [0.3, 0.4) is 0 Å². The fraction of sp³-hybridized carbons (Fsp3) is 0.690. The lowest BCUT2D eigenvalue weighted by molar-refractivity contribution is -0.143. The maximum atomic E-state index is 14.2. The summed E-state index contributed by atoms with van der Waals surface area (Å²) in [5.41, 5.74) is 1.28. The Morgan fingerprint density at radius 2 is 1.72 bits per heavy atom. The lowest BCUT2D eigenvalue weighted by Gasteiger charge is -2.35. The Hall–Kier alpha value is -2.57. The second-order valence-corrected chi connectivity index (χ2v) is 11.5. The molecule has 202 valence electrons. The number of unbranched alkanes of at least 4 members (excludes halogenated alkanes) is 1. The van der Waals surface area contributed by atoms with Gasteiger partial charge in [0.1, 0.15) is 17.7 Å². The molecular weight excluding hydrogens is 454 g/mol. The topological polar surface area (TPSA) is 87.7 Å². The average molecular weight is 502 g/mol. The van der Waals surface area contributed by atoms with Crippen molar-refractivity contribution >= 4 is 17.9 Å². The van der Waals surface area contributed by atoms with E-state index in [2.05, 4.69) is 31.4 Å². The first-order chi connectivity index (χ1) is 16.9. The first kappa shape index (κ1) is 29.7. The minimum absolute atomic E-state index is 0.0552. The van der Waals surface area contributed by atoms with Crippen LogP contribution in [0.2, 0.25) is 0 Å². The zero-order valence-electron chi connectivity index (χ0n) is 23.5. The molecule has 1 aliphatic rings. The molecule has 7 nitrogen and oxygen atoms in total. The Morgan fingerprint density at radius 1 is 1.11 bits per heavy atom. The van der Waals surface area contributed by atoms with Crippen molar-refractivity contribution in [3.05, 3.63) is 35.4 Å². The highest BCUT2D eigenvalue weighted by atomic mass is 16.6. The van der Waals surface area contributed by atoms with Gasteiger partial charge in [-0.2, -0.15) is 0 Å². The number of rotatable bonds is 12. The highest BCUT2D eigenvalue weighted by Gasteiger charge is 2.48. The molecule has 0 radical (unpaired) electrons. The molecule has 36 heavy (non-hydrogen) atoms. The molecule has 0 bridgehead atoms. The molecule has 0 saturated heterocycles. The molecule has 2 N–H and O–H groups in total. The largest absolute Gasteiger partial charge is 0.444 e. The molecule has 0 aliphatic heterocycles. The van der Waals surface area contributed by atoms with Crippen molar-refractivity contribution in [1.29, 1.82) is 0 Å². The van der Waals surface area contributed by atoms with Gasteiger partial charge in [-0.05, 0) is 69.4 Å². The van der Waals surface area contributed by atoms with Crippen molar-refractivity contribution in [2.45, 2.75) is 111 Å². The van der Waals surface area contributed by atoms with Gasteiger partial charge in [0.05, 0.1) is 0 Å². The summed E-state index contributed by atoms with van der Waals surface area (Å²) in [6.45, 7) is 16.2. The van der Waals surface area contributed by atoms with Crippen LogP contribution >= 0.6 is 0 Å². The van der Waals surface area contributed by atoms with Crippen molar-refractivity contribution in [2.24, 2.45) is 11.8 Å². The van der Waals surface area contributed by atoms with Crippen LogP contribution in [0.15, 0.2) is 24.3 Å². The molecule has 1 aromatic carbocycles. The Morgan fingerprint density at radius 3 is 2.19 bits per heavy atom. The van der Waals surface area contributed by atoms with Gasteiger partial charge in [0.25, 0.3) is 0 Å². The molecule has 1 fully saturated rings. The van der Waals surface area contributed by atoms with E-state index in [9.17, 15) is 14.4 Å². The summed E-state index contributed by atoms with van der Waals surface area (Å²) in [6.07, 6.45) is 3.40. The number of benzene rings is 1. The summed E-state index contributed by atoms with van der Waals surface area (Å²) >= 11 is 0. The summed E-state index contributed by atoms with van der Waals surface area (Å²) in [4.78, 5) is 42.1. The van der Waals surface area contributed by atoms with Crippen LogP contribution in [0, 0.1) is 11.8 Å². The molecule has 0 spiro atoms. The predicted octanol–water partition coefficient (Wildman–Crippen LogP) is 5.38. The van der Waals surface area contributed by atoms with E-state index in [1.165, 1.54) is 5.56 Å². The van der Waals surface area contributed by atoms with Crippen molar-refractivity contribution in [3.63, 3.8) is 0 Å². The zero-order valence-corrected chi connectivity index (χ0v) is 23.5. The number of hydrogen-bond acceptors (Lipinski definition) is 4. The quantitative estimate of drug-likeness (QED) is 0.376. The van der Waals surface area contributed by atoms with Crippen LogP contribution in [-0.2, 0) is 20.7 Å². The first-order valence-corrected chi connectivity index (χ1v) is 13.6. The van der Waals surface area contributed by atoms with Gasteiger partial charge in [-0.25, -0.2) is 4.79 Å². The molecule has 1 saturated carbocycles. The van der Waals surface area contributed by atoms with E-state index < -0.39 is 23.8 Å². The molecule has 4 atom stereocenters. The van der Waals surface area contributed by atoms with Gasteiger partial charge in [-0.1, -0.05) is 65.3 Å². The van der Waals surface area contributed by atoms with E-state index >= 15 is 0 Å². The number of alkyl carbamates (subject to hydrolysis) is 1. The van der Waals surface area contributed by atoms with Gasteiger partial charge < -0.3 is 20.3 Å². The lowest BCUT2D eigenvalue weighted by atomic mass is 9.98. The highest BCUT2D eigenvalue weighted by molar-refractivity contribution is 5.92. The van der Waals surface area contributed by atoms with E-state index in [1.807, 2.05) is 38.1 Å². The average Bonchev–Trinajstić information content (AvgIpc) is 3.50. The minimum atomic E-state index is -0.784. The van der Waals surface area contributed by atoms with Crippen molar-refractivity contribution in [3.8, 4) is 0 Å². The second-order valence-electron chi connectivity index (χ2n) is 11.5. The number of carbonyl (C=O) groups is 3. The zero-order chi connectivity index (χ0) is 27.0. The normalized spacial score (nSPS) is 18.8. The molecular formula is C29H47N3O4. The fourth-order valence-electron chi connectivity index (χ4n) is 4.35. The van der Waals surface area contributed by atoms with Gasteiger partial charge in [0.2, 0.25) is 11.8 Å². The van der Waals surface area contributed by atoms with Crippen LogP contribution in [0.25, 0.3) is 0 Å². The van der Waals surface area contributed by atoms with Crippen molar-refractivity contribution in [1.82, 2.24) is 15.5 Å². The second kappa shape index (κ2) is 13.1. The summed E-state index contributed by atoms with van der Waals surface area (Å²) in [6, 6.07) is 6.35. The van der Waals surface area contributed by atoms with Crippen LogP contribution < -0.4 is 10.6 Å². The smallest absolute Gasteiger partial charge is 0.408 e. The fourth-order valence-corrected chi connectivity index (χ4v) is 4.35. The number of amides is 3. The maximum Gasteiger partial charge on any atom is 0.408 e. The standard InChI is InChI=1S/C29H47N3O4/c1-9-11-16-30-26(33)25(22-14-12-21(10-2)13-15-22)32(24-18-20(24)5)27(34)23(17-19(3)4)31-28(35)36-29(6,7)8/h12-15,19-20,23-25H,9-11,16-18H2,1-8H3,(H,30,33)(H,31,35). The van der Waals surface area contributed by atoms with Gasteiger partial charge in [0, 0.05) is 12.6 Å².